The fourth-order valence-corrected chi connectivity index (χ4v) is 2.74. The van der Waals surface area contributed by atoms with Gasteiger partial charge in [0.25, 0.3) is 0 Å². The number of rotatable bonds is 5. The van der Waals surface area contributed by atoms with E-state index in [1.54, 1.807) is 7.11 Å². The lowest BCUT2D eigenvalue weighted by molar-refractivity contribution is 0.409. The minimum absolute atomic E-state index is 0.515. The standard InChI is InChI=1S/C15H23NO/c1-4-5-11(2)16-15-9-7-12-6-8-13(17-3)10-14(12)15/h6,8,10-11,15-16H,4-5,7,9H2,1-3H3. The molecule has 2 heteroatoms. The Morgan fingerprint density at radius 1 is 1.47 bits per heavy atom. The summed E-state index contributed by atoms with van der Waals surface area (Å²) < 4.78 is 5.31. The second-order valence-corrected chi connectivity index (χ2v) is 5.01. The lowest BCUT2D eigenvalue weighted by Crippen LogP contribution is -2.29. The van der Waals surface area contributed by atoms with Gasteiger partial charge in [-0.25, -0.2) is 0 Å². The fraction of sp³-hybridized carbons (Fsp3) is 0.600. The van der Waals surface area contributed by atoms with Gasteiger partial charge in [-0.15, -0.1) is 0 Å². The van der Waals surface area contributed by atoms with Crippen molar-refractivity contribution in [3.63, 3.8) is 0 Å². The highest BCUT2D eigenvalue weighted by atomic mass is 16.5. The summed E-state index contributed by atoms with van der Waals surface area (Å²) in [6.45, 7) is 4.52. The van der Waals surface area contributed by atoms with Crippen molar-refractivity contribution >= 4 is 0 Å². The lowest BCUT2D eigenvalue weighted by Gasteiger charge is -2.20. The predicted molar refractivity (Wildman–Crippen MR) is 71.6 cm³/mol. The molecule has 2 nitrogen and oxygen atoms in total. The zero-order chi connectivity index (χ0) is 12.3. The molecule has 1 N–H and O–H groups in total. The van der Waals surface area contributed by atoms with Crippen molar-refractivity contribution in [3.05, 3.63) is 29.3 Å². The van der Waals surface area contributed by atoms with Gasteiger partial charge in [0, 0.05) is 12.1 Å². The van der Waals surface area contributed by atoms with Crippen LogP contribution in [-0.4, -0.2) is 13.2 Å². The maximum atomic E-state index is 5.31. The molecular formula is C15H23NO. The van der Waals surface area contributed by atoms with E-state index in [0.29, 0.717) is 12.1 Å². The van der Waals surface area contributed by atoms with Crippen molar-refractivity contribution in [2.45, 2.75) is 51.6 Å². The van der Waals surface area contributed by atoms with E-state index in [1.165, 1.54) is 36.8 Å². The quantitative estimate of drug-likeness (QED) is 0.841. The summed E-state index contributed by atoms with van der Waals surface area (Å²) in [7, 11) is 1.73. The van der Waals surface area contributed by atoms with E-state index < -0.39 is 0 Å². The third kappa shape index (κ3) is 2.81. The molecule has 0 bridgehead atoms. The SMILES string of the molecule is CCCC(C)NC1CCc2ccc(OC)cc21. The van der Waals surface area contributed by atoms with E-state index in [4.69, 9.17) is 4.74 Å². The van der Waals surface area contributed by atoms with Gasteiger partial charge < -0.3 is 10.1 Å². The second-order valence-electron chi connectivity index (χ2n) is 5.01. The van der Waals surface area contributed by atoms with Gasteiger partial charge >= 0.3 is 0 Å². The smallest absolute Gasteiger partial charge is 0.119 e. The van der Waals surface area contributed by atoms with Crippen molar-refractivity contribution in [2.75, 3.05) is 7.11 Å². The summed E-state index contributed by atoms with van der Waals surface area (Å²) in [5.41, 5.74) is 2.92. The highest BCUT2D eigenvalue weighted by molar-refractivity contribution is 5.40. The summed E-state index contributed by atoms with van der Waals surface area (Å²) in [6, 6.07) is 7.58. The molecule has 2 unspecified atom stereocenters. The minimum Gasteiger partial charge on any atom is -0.497 e. The number of benzene rings is 1. The van der Waals surface area contributed by atoms with Gasteiger partial charge in [0.1, 0.15) is 5.75 Å². The van der Waals surface area contributed by atoms with Crippen LogP contribution in [0.25, 0.3) is 0 Å². The summed E-state index contributed by atoms with van der Waals surface area (Å²) in [5.74, 6) is 0.973. The molecule has 1 aromatic carbocycles. The molecule has 1 aliphatic rings. The second kappa shape index (κ2) is 5.54. The molecule has 0 radical (unpaired) electrons. The number of methoxy groups -OCH3 is 1. The number of hydrogen-bond donors (Lipinski definition) is 1. The topological polar surface area (TPSA) is 21.3 Å². The van der Waals surface area contributed by atoms with Crippen LogP contribution in [-0.2, 0) is 6.42 Å². The first-order valence-electron chi connectivity index (χ1n) is 6.67. The first-order valence-corrected chi connectivity index (χ1v) is 6.67. The Hall–Kier alpha value is -1.02. The largest absolute Gasteiger partial charge is 0.497 e. The monoisotopic (exact) mass is 233 g/mol. The van der Waals surface area contributed by atoms with Crippen LogP contribution in [0.4, 0.5) is 0 Å². The normalized spacial score (nSPS) is 20.1. The molecule has 2 atom stereocenters. The molecule has 0 spiro atoms. The van der Waals surface area contributed by atoms with Crippen molar-refractivity contribution in [1.29, 1.82) is 0 Å². The van der Waals surface area contributed by atoms with E-state index in [-0.39, 0.29) is 0 Å². The first kappa shape index (κ1) is 12.4. The highest BCUT2D eigenvalue weighted by Crippen LogP contribution is 2.34. The van der Waals surface area contributed by atoms with Gasteiger partial charge in [-0.3, -0.25) is 0 Å². The Kier molecular flexibility index (Phi) is 4.06. The summed E-state index contributed by atoms with van der Waals surface area (Å²) in [4.78, 5) is 0. The van der Waals surface area contributed by atoms with Crippen molar-refractivity contribution < 1.29 is 4.74 Å². The van der Waals surface area contributed by atoms with Crippen LogP contribution < -0.4 is 10.1 Å². The van der Waals surface area contributed by atoms with E-state index >= 15 is 0 Å². The Balaban J connectivity index is 2.09. The molecule has 0 saturated carbocycles. The third-order valence-electron chi connectivity index (χ3n) is 3.64. The number of fused-ring (bicyclic) bond motifs is 1. The average Bonchev–Trinajstić information content (AvgIpc) is 2.72. The van der Waals surface area contributed by atoms with Gasteiger partial charge in [-0.2, -0.15) is 0 Å². The molecule has 94 valence electrons. The zero-order valence-electron chi connectivity index (χ0n) is 11.1. The van der Waals surface area contributed by atoms with Crippen LogP contribution >= 0.6 is 0 Å². The maximum Gasteiger partial charge on any atom is 0.119 e. The molecule has 0 aromatic heterocycles. The Labute approximate surface area is 104 Å². The fourth-order valence-electron chi connectivity index (χ4n) is 2.74. The minimum atomic E-state index is 0.515. The summed E-state index contributed by atoms with van der Waals surface area (Å²) in [6.07, 6.45) is 4.90. The van der Waals surface area contributed by atoms with E-state index in [0.717, 1.165) is 5.75 Å². The van der Waals surface area contributed by atoms with Crippen LogP contribution in [0.5, 0.6) is 5.75 Å². The summed E-state index contributed by atoms with van der Waals surface area (Å²) in [5, 5.41) is 3.73. The van der Waals surface area contributed by atoms with E-state index in [9.17, 15) is 0 Å². The van der Waals surface area contributed by atoms with Gasteiger partial charge in [0.15, 0.2) is 0 Å². The van der Waals surface area contributed by atoms with Crippen LogP contribution in [0.1, 0.15) is 50.3 Å². The third-order valence-corrected chi connectivity index (χ3v) is 3.64. The van der Waals surface area contributed by atoms with E-state index in [1.807, 2.05) is 0 Å². The predicted octanol–water partition coefficient (Wildman–Crippen LogP) is 3.46. The maximum absolute atomic E-state index is 5.31. The van der Waals surface area contributed by atoms with E-state index in [2.05, 4.69) is 37.4 Å². The summed E-state index contributed by atoms with van der Waals surface area (Å²) >= 11 is 0. The highest BCUT2D eigenvalue weighted by Gasteiger charge is 2.23. The van der Waals surface area contributed by atoms with Crippen LogP contribution in [0.15, 0.2) is 18.2 Å². The molecule has 1 aliphatic carbocycles. The molecule has 0 heterocycles. The zero-order valence-corrected chi connectivity index (χ0v) is 11.1. The number of hydrogen-bond acceptors (Lipinski definition) is 2. The lowest BCUT2D eigenvalue weighted by atomic mass is 10.1. The molecule has 0 fully saturated rings. The first-order chi connectivity index (χ1) is 8.24. The molecule has 1 aromatic rings. The molecule has 0 amide bonds. The van der Waals surface area contributed by atoms with Crippen LogP contribution in [0.2, 0.25) is 0 Å². The Bertz CT molecular complexity index is 375. The van der Waals surface area contributed by atoms with Crippen molar-refractivity contribution in [1.82, 2.24) is 5.32 Å². The molecule has 0 saturated heterocycles. The van der Waals surface area contributed by atoms with Gasteiger partial charge in [0.2, 0.25) is 0 Å². The molecular weight excluding hydrogens is 210 g/mol. The Morgan fingerprint density at radius 3 is 3.00 bits per heavy atom. The number of nitrogens with one attached hydrogen (secondary N) is 1. The molecule has 2 rings (SSSR count). The van der Waals surface area contributed by atoms with Gasteiger partial charge in [0.05, 0.1) is 7.11 Å². The number of aryl methyl sites for hydroxylation is 1. The van der Waals surface area contributed by atoms with Crippen molar-refractivity contribution in [3.8, 4) is 5.75 Å². The van der Waals surface area contributed by atoms with Crippen LogP contribution in [0, 0.1) is 0 Å². The van der Waals surface area contributed by atoms with Gasteiger partial charge in [-0.1, -0.05) is 19.4 Å². The average molecular weight is 233 g/mol. The molecule has 17 heavy (non-hydrogen) atoms. The van der Waals surface area contributed by atoms with Gasteiger partial charge in [-0.05, 0) is 49.4 Å². The molecule has 0 aliphatic heterocycles. The van der Waals surface area contributed by atoms with Crippen molar-refractivity contribution in [2.24, 2.45) is 0 Å². The Morgan fingerprint density at radius 2 is 2.29 bits per heavy atom. The number of ether oxygens (including phenoxy) is 1. The van der Waals surface area contributed by atoms with Crippen LogP contribution in [0.3, 0.4) is 0 Å².